The monoisotopic (exact) mass is 644 g/mol. The molecule has 4 heterocycles. The minimum atomic E-state index is -0.603. The Morgan fingerprint density at radius 2 is 1.34 bits per heavy atom. The van der Waals surface area contributed by atoms with Crippen molar-refractivity contribution in [3.05, 3.63) is 57.9 Å². The number of aromatic nitrogens is 4. The number of urea groups is 1. The first-order valence-electron chi connectivity index (χ1n) is 16.6. The van der Waals surface area contributed by atoms with Gasteiger partial charge in [-0.2, -0.15) is 0 Å². The molecule has 0 unspecified atom stereocenters. The fraction of sp³-hybridized carbons (Fsp3) is 0.559. The molecule has 13 heteroatoms. The molecule has 4 N–H and O–H groups in total. The Balaban J connectivity index is 1.48. The van der Waals surface area contributed by atoms with Gasteiger partial charge in [0, 0.05) is 48.8 Å². The molecule has 3 aliphatic rings. The quantitative estimate of drug-likeness (QED) is 0.283. The maximum atomic E-state index is 14.6. The molecule has 6 rings (SSSR count). The number of amides is 4. The summed E-state index contributed by atoms with van der Waals surface area (Å²) in [6, 6.07) is 7.25. The molecule has 1 aliphatic carbocycles. The number of benzene rings is 1. The fourth-order valence-corrected chi connectivity index (χ4v) is 6.45. The second-order valence-corrected chi connectivity index (χ2v) is 14.9. The maximum absolute atomic E-state index is 14.6. The van der Waals surface area contributed by atoms with Crippen LogP contribution in [0.4, 0.5) is 16.4 Å². The van der Waals surface area contributed by atoms with Gasteiger partial charge in [0.1, 0.15) is 0 Å². The Hall–Kier alpha value is -4.23. The number of anilines is 2. The summed E-state index contributed by atoms with van der Waals surface area (Å²) in [4.78, 5) is 45.9. The predicted molar refractivity (Wildman–Crippen MR) is 181 cm³/mol. The van der Waals surface area contributed by atoms with Crippen LogP contribution in [0.25, 0.3) is 0 Å². The topological polar surface area (TPSA) is 141 Å². The van der Waals surface area contributed by atoms with Gasteiger partial charge in [0.25, 0.3) is 5.91 Å². The lowest BCUT2D eigenvalue weighted by Crippen LogP contribution is -2.56. The molecule has 47 heavy (non-hydrogen) atoms. The van der Waals surface area contributed by atoms with E-state index in [1.165, 1.54) is 5.12 Å². The van der Waals surface area contributed by atoms with Gasteiger partial charge >= 0.3 is 6.03 Å². The van der Waals surface area contributed by atoms with Gasteiger partial charge < -0.3 is 26.2 Å². The lowest BCUT2D eigenvalue weighted by Gasteiger charge is -2.33. The van der Waals surface area contributed by atoms with Crippen molar-refractivity contribution in [1.82, 2.24) is 35.3 Å². The van der Waals surface area contributed by atoms with Crippen molar-refractivity contribution >= 4 is 29.5 Å². The van der Waals surface area contributed by atoms with E-state index in [9.17, 15) is 14.4 Å². The molecule has 252 valence electrons. The van der Waals surface area contributed by atoms with Crippen LogP contribution in [-0.2, 0) is 34.4 Å². The molecule has 1 aromatic carbocycles. The van der Waals surface area contributed by atoms with Gasteiger partial charge in [0.05, 0.1) is 22.5 Å². The molecule has 0 radical (unpaired) electrons. The van der Waals surface area contributed by atoms with E-state index in [1.807, 2.05) is 65.8 Å². The van der Waals surface area contributed by atoms with E-state index in [2.05, 4.69) is 42.0 Å². The highest BCUT2D eigenvalue weighted by molar-refractivity contribution is 6.04. The van der Waals surface area contributed by atoms with Crippen LogP contribution in [0.2, 0.25) is 0 Å². The molecule has 3 aromatic rings. The van der Waals surface area contributed by atoms with Crippen LogP contribution < -0.4 is 26.4 Å². The van der Waals surface area contributed by atoms with Crippen molar-refractivity contribution < 1.29 is 14.4 Å². The summed E-state index contributed by atoms with van der Waals surface area (Å²) in [6.45, 7) is 20.2. The van der Waals surface area contributed by atoms with Gasteiger partial charge in [0.2, 0.25) is 5.91 Å². The van der Waals surface area contributed by atoms with Crippen molar-refractivity contribution in [2.24, 2.45) is 5.92 Å². The summed E-state index contributed by atoms with van der Waals surface area (Å²) in [5, 5.41) is 24.4. The molecular weight excluding hydrogens is 596 g/mol. The van der Waals surface area contributed by atoms with E-state index in [0.717, 1.165) is 40.9 Å². The number of rotatable bonds is 8. The van der Waals surface area contributed by atoms with E-state index in [-0.39, 0.29) is 29.2 Å². The number of nitrogens with one attached hydrogen (secondary N) is 4. The summed E-state index contributed by atoms with van der Waals surface area (Å²) in [5.74, 6) is 0.433. The summed E-state index contributed by atoms with van der Waals surface area (Å²) in [7, 11) is 0. The molecule has 13 nitrogen and oxygen atoms in total. The summed E-state index contributed by atoms with van der Waals surface area (Å²) in [5.41, 5.74) is 3.52. The first-order valence-corrected chi connectivity index (χ1v) is 16.6. The first kappa shape index (κ1) is 32.7. The van der Waals surface area contributed by atoms with E-state index >= 15 is 0 Å². The van der Waals surface area contributed by atoms with Crippen LogP contribution in [0.3, 0.4) is 0 Å². The Bertz CT molecular complexity index is 1720. The molecule has 0 saturated heterocycles. The number of hydrogen-bond acceptors (Lipinski definition) is 7. The van der Waals surface area contributed by atoms with Crippen LogP contribution in [0.5, 0.6) is 0 Å². The van der Waals surface area contributed by atoms with Crippen molar-refractivity contribution in [3.8, 4) is 0 Å². The maximum Gasteiger partial charge on any atom is 0.362 e. The Morgan fingerprint density at radius 1 is 0.851 bits per heavy atom. The van der Waals surface area contributed by atoms with Crippen molar-refractivity contribution in [1.29, 1.82) is 0 Å². The summed E-state index contributed by atoms with van der Waals surface area (Å²) >= 11 is 0. The highest BCUT2D eigenvalue weighted by atomic mass is 16.2. The van der Waals surface area contributed by atoms with Crippen molar-refractivity contribution in [2.75, 3.05) is 28.8 Å². The number of carbonyl (C=O) groups is 3. The lowest BCUT2D eigenvalue weighted by atomic mass is 9.87. The van der Waals surface area contributed by atoms with Crippen LogP contribution in [0.1, 0.15) is 114 Å². The van der Waals surface area contributed by atoms with Crippen molar-refractivity contribution in [2.45, 2.75) is 105 Å². The molecule has 0 atom stereocenters. The minimum absolute atomic E-state index is 0.0105. The Morgan fingerprint density at radius 3 is 1.79 bits per heavy atom. The fourth-order valence-electron chi connectivity index (χ4n) is 6.45. The Kier molecular flexibility index (Phi) is 7.99. The van der Waals surface area contributed by atoms with Gasteiger partial charge in [-0.1, -0.05) is 38.0 Å². The van der Waals surface area contributed by atoms with Crippen LogP contribution >= 0.6 is 0 Å². The van der Waals surface area contributed by atoms with Gasteiger partial charge in [-0.15, -0.1) is 19.8 Å². The third kappa shape index (κ3) is 5.80. The zero-order valence-electron chi connectivity index (χ0n) is 29.0. The van der Waals surface area contributed by atoms with Gasteiger partial charge in [-0.25, -0.2) is 4.79 Å². The van der Waals surface area contributed by atoms with Gasteiger partial charge in [-0.3, -0.25) is 9.59 Å². The second kappa shape index (κ2) is 11.5. The molecule has 0 bridgehead atoms. The Labute approximate surface area is 276 Å². The van der Waals surface area contributed by atoms with Gasteiger partial charge in [0.15, 0.2) is 11.6 Å². The number of hydrogen-bond donors (Lipinski definition) is 4. The zero-order valence-corrected chi connectivity index (χ0v) is 29.0. The van der Waals surface area contributed by atoms with Crippen LogP contribution in [0.15, 0.2) is 24.3 Å². The molecule has 2 aliphatic heterocycles. The SMILES string of the molecule is CCN(CC)C(=O)N(n1nc(NC(=O)c2ccc(C(C)(C)C)cc2)c2c1C(C)(C)NC2)n1nc(NC(=O)C2CC2)c2c1C(C)(C)NC2. The molecule has 1 saturated carbocycles. The molecule has 0 spiro atoms. The van der Waals surface area contributed by atoms with E-state index < -0.39 is 11.1 Å². The highest BCUT2D eigenvalue weighted by Crippen LogP contribution is 2.39. The van der Waals surface area contributed by atoms with Crippen molar-refractivity contribution in [3.63, 3.8) is 0 Å². The first-order chi connectivity index (χ1) is 22.1. The van der Waals surface area contributed by atoms with E-state index in [4.69, 9.17) is 10.2 Å². The van der Waals surface area contributed by atoms with Crippen LogP contribution in [-0.4, -0.2) is 55.6 Å². The molecule has 1 fully saturated rings. The van der Waals surface area contributed by atoms with E-state index in [1.54, 1.807) is 14.5 Å². The minimum Gasteiger partial charge on any atom is -0.322 e. The molecule has 2 aromatic heterocycles. The largest absolute Gasteiger partial charge is 0.362 e. The third-order valence-corrected chi connectivity index (χ3v) is 9.53. The summed E-state index contributed by atoms with van der Waals surface area (Å²) < 4.78 is 0. The normalized spacial score (nSPS) is 17.6. The molecular formula is C34H48N10O3. The predicted octanol–water partition coefficient (Wildman–Crippen LogP) is 4.52. The number of nitrogens with zero attached hydrogens (tertiary/aromatic N) is 6. The average molecular weight is 645 g/mol. The highest BCUT2D eigenvalue weighted by Gasteiger charge is 2.45. The standard InChI is InChI=1S/C34H48N10O3/c1-10-41(11-2)31(47)44(42-25-23(18-35-33(25,6)7)27(39-42)37-29(45)20-12-13-20)43-26-24(19-36-34(26,8)9)28(40-43)38-30(46)21-14-16-22(17-15-21)32(3,4)5/h14-17,20,35-36H,10-13,18-19H2,1-9H3,(H,37,39,45)(H,38,40,46). The lowest BCUT2D eigenvalue weighted by molar-refractivity contribution is -0.117. The average Bonchev–Trinajstić information content (AvgIpc) is 3.48. The third-order valence-electron chi connectivity index (χ3n) is 9.53. The second-order valence-electron chi connectivity index (χ2n) is 14.9. The van der Waals surface area contributed by atoms with E-state index in [0.29, 0.717) is 43.4 Å². The zero-order chi connectivity index (χ0) is 34.1. The summed E-state index contributed by atoms with van der Waals surface area (Å²) in [6.07, 6.45) is 1.73. The number of carbonyl (C=O) groups excluding carboxylic acids is 3. The van der Waals surface area contributed by atoms with Crippen LogP contribution in [0, 0.1) is 5.92 Å². The number of fused-ring (bicyclic) bond motifs is 2. The molecule has 4 amide bonds. The van der Waals surface area contributed by atoms with Gasteiger partial charge in [-0.05, 0) is 77.5 Å². The smallest absolute Gasteiger partial charge is 0.322 e.